The third kappa shape index (κ3) is 3.69. The van der Waals surface area contributed by atoms with E-state index in [0.29, 0.717) is 6.04 Å². The van der Waals surface area contributed by atoms with Gasteiger partial charge in [0.05, 0.1) is 5.69 Å². The third-order valence-electron chi connectivity index (χ3n) is 4.63. The van der Waals surface area contributed by atoms with E-state index in [-0.39, 0.29) is 6.03 Å². The number of carbonyl (C=O) groups excluding carboxylic acids is 1. The molecule has 130 valence electrons. The second kappa shape index (κ2) is 6.88. The van der Waals surface area contributed by atoms with Gasteiger partial charge < -0.3 is 10.6 Å². The van der Waals surface area contributed by atoms with Crippen LogP contribution in [0.3, 0.4) is 0 Å². The number of rotatable bonds is 3. The number of carbonyl (C=O) groups is 1. The summed E-state index contributed by atoms with van der Waals surface area (Å²) in [5, 5.41) is 6.04. The fourth-order valence-electron chi connectivity index (χ4n) is 3.41. The van der Waals surface area contributed by atoms with Gasteiger partial charge in [-0.05, 0) is 31.9 Å². The van der Waals surface area contributed by atoms with Crippen molar-refractivity contribution in [3.63, 3.8) is 0 Å². The number of nitrogens with zero attached hydrogens (tertiary/aromatic N) is 2. The van der Waals surface area contributed by atoms with Gasteiger partial charge in [0.2, 0.25) is 0 Å². The summed E-state index contributed by atoms with van der Waals surface area (Å²) in [5.74, 6) is 0. The summed E-state index contributed by atoms with van der Waals surface area (Å²) >= 11 is 1.67. The maximum absolute atomic E-state index is 12.2. The van der Waals surface area contributed by atoms with Crippen LogP contribution in [-0.2, 0) is 0 Å². The molecule has 1 aromatic carbocycles. The number of imidazole rings is 1. The first kappa shape index (κ1) is 16.1. The van der Waals surface area contributed by atoms with E-state index in [1.54, 1.807) is 11.3 Å². The van der Waals surface area contributed by atoms with Crippen LogP contribution in [0.4, 0.5) is 10.5 Å². The summed E-state index contributed by atoms with van der Waals surface area (Å²) in [6.07, 6.45) is 9.96. The van der Waals surface area contributed by atoms with Crippen molar-refractivity contribution in [3.05, 3.63) is 41.5 Å². The average molecular weight is 354 g/mol. The van der Waals surface area contributed by atoms with Crippen molar-refractivity contribution in [2.45, 2.75) is 45.1 Å². The standard InChI is InChI=1S/C19H22N4OS/c1-13-11-23-12-17(22-19(23)25-13)14-6-5-9-16(10-14)21-18(24)20-15-7-3-2-4-8-15/h5-6,9-12,15H,2-4,7-8H2,1H3,(H2,20,21,24). The van der Waals surface area contributed by atoms with Gasteiger partial charge in [-0.2, -0.15) is 0 Å². The van der Waals surface area contributed by atoms with Crippen molar-refractivity contribution in [2.75, 3.05) is 5.32 Å². The molecule has 0 radical (unpaired) electrons. The lowest BCUT2D eigenvalue weighted by atomic mass is 9.96. The van der Waals surface area contributed by atoms with E-state index < -0.39 is 0 Å². The zero-order valence-electron chi connectivity index (χ0n) is 14.3. The van der Waals surface area contributed by atoms with Crippen molar-refractivity contribution >= 4 is 28.0 Å². The van der Waals surface area contributed by atoms with Crippen molar-refractivity contribution in [1.29, 1.82) is 0 Å². The predicted octanol–water partition coefficient (Wildman–Crippen LogP) is 4.83. The molecule has 25 heavy (non-hydrogen) atoms. The van der Waals surface area contributed by atoms with E-state index in [1.165, 1.54) is 24.1 Å². The highest BCUT2D eigenvalue weighted by Gasteiger charge is 2.15. The smallest absolute Gasteiger partial charge is 0.319 e. The Morgan fingerprint density at radius 2 is 2.08 bits per heavy atom. The van der Waals surface area contributed by atoms with Crippen LogP contribution in [0, 0.1) is 6.92 Å². The summed E-state index contributed by atoms with van der Waals surface area (Å²) in [7, 11) is 0. The van der Waals surface area contributed by atoms with E-state index >= 15 is 0 Å². The normalized spacial score (nSPS) is 15.4. The average Bonchev–Trinajstić information content (AvgIpc) is 3.13. The largest absolute Gasteiger partial charge is 0.335 e. The number of amides is 2. The summed E-state index contributed by atoms with van der Waals surface area (Å²) < 4.78 is 2.05. The van der Waals surface area contributed by atoms with E-state index in [9.17, 15) is 4.79 Å². The molecule has 1 aliphatic carbocycles. The van der Waals surface area contributed by atoms with Crippen LogP contribution in [0.15, 0.2) is 36.7 Å². The van der Waals surface area contributed by atoms with E-state index in [2.05, 4.69) is 28.7 Å². The minimum atomic E-state index is -0.120. The topological polar surface area (TPSA) is 58.4 Å². The third-order valence-corrected chi connectivity index (χ3v) is 5.54. The van der Waals surface area contributed by atoms with Gasteiger partial charge in [0.15, 0.2) is 4.96 Å². The Morgan fingerprint density at radius 3 is 2.88 bits per heavy atom. The number of hydrogen-bond acceptors (Lipinski definition) is 3. The SMILES string of the molecule is Cc1cn2cc(-c3cccc(NC(=O)NC4CCCCC4)c3)nc2s1. The molecular formula is C19H22N4OS. The fourth-order valence-corrected chi connectivity index (χ4v) is 4.21. The molecule has 0 bridgehead atoms. The van der Waals surface area contributed by atoms with Crippen LogP contribution < -0.4 is 10.6 Å². The van der Waals surface area contributed by atoms with Gasteiger partial charge in [-0.1, -0.05) is 31.4 Å². The zero-order valence-corrected chi connectivity index (χ0v) is 15.1. The summed E-state index contributed by atoms with van der Waals surface area (Å²) in [5.41, 5.74) is 2.71. The zero-order chi connectivity index (χ0) is 17.2. The minimum Gasteiger partial charge on any atom is -0.335 e. The van der Waals surface area contributed by atoms with Crippen molar-refractivity contribution in [3.8, 4) is 11.3 Å². The Labute approximate surface area is 151 Å². The number of aromatic nitrogens is 2. The Balaban J connectivity index is 1.46. The molecule has 0 unspecified atom stereocenters. The molecule has 0 atom stereocenters. The Hall–Kier alpha value is -2.34. The molecule has 5 nitrogen and oxygen atoms in total. The predicted molar refractivity (Wildman–Crippen MR) is 102 cm³/mol. The lowest BCUT2D eigenvalue weighted by Crippen LogP contribution is -2.39. The van der Waals surface area contributed by atoms with Gasteiger partial charge >= 0.3 is 6.03 Å². The molecule has 1 aliphatic rings. The number of nitrogens with one attached hydrogen (secondary N) is 2. The first-order chi connectivity index (χ1) is 12.2. The molecule has 0 saturated heterocycles. The number of benzene rings is 1. The second-order valence-electron chi connectivity index (χ2n) is 6.67. The quantitative estimate of drug-likeness (QED) is 0.708. The first-order valence-electron chi connectivity index (χ1n) is 8.80. The molecule has 2 aromatic heterocycles. The number of hydrogen-bond donors (Lipinski definition) is 2. The fraction of sp³-hybridized carbons (Fsp3) is 0.368. The molecular weight excluding hydrogens is 332 g/mol. The molecule has 6 heteroatoms. The van der Waals surface area contributed by atoms with Crippen LogP contribution in [0.2, 0.25) is 0 Å². The van der Waals surface area contributed by atoms with Crippen molar-refractivity contribution < 1.29 is 4.79 Å². The van der Waals surface area contributed by atoms with Crippen LogP contribution in [0.5, 0.6) is 0 Å². The van der Waals surface area contributed by atoms with Crippen molar-refractivity contribution in [1.82, 2.24) is 14.7 Å². The van der Waals surface area contributed by atoms with Gasteiger partial charge in [0.1, 0.15) is 0 Å². The monoisotopic (exact) mass is 354 g/mol. The Morgan fingerprint density at radius 1 is 1.24 bits per heavy atom. The van der Waals surface area contributed by atoms with Crippen LogP contribution in [-0.4, -0.2) is 21.5 Å². The van der Waals surface area contributed by atoms with Gasteiger partial charge in [0, 0.05) is 34.6 Å². The van der Waals surface area contributed by atoms with Gasteiger partial charge in [-0.3, -0.25) is 4.40 Å². The van der Waals surface area contributed by atoms with Crippen LogP contribution >= 0.6 is 11.3 Å². The Bertz CT molecular complexity index is 860. The number of aryl methyl sites for hydroxylation is 1. The molecule has 3 aromatic rings. The highest BCUT2D eigenvalue weighted by atomic mass is 32.1. The highest BCUT2D eigenvalue weighted by molar-refractivity contribution is 7.17. The number of urea groups is 1. The lowest BCUT2D eigenvalue weighted by Gasteiger charge is -2.22. The van der Waals surface area contributed by atoms with Crippen LogP contribution in [0.25, 0.3) is 16.2 Å². The van der Waals surface area contributed by atoms with Gasteiger partial charge in [0.25, 0.3) is 0 Å². The maximum atomic E-state index is 12.2. The van der Waals surface area contributed by atoms with E-state index in [1.807, 2.05) is 34.9 Å². The van der Waals surface area contributed by atoms with Crippen molar-refractivity contribution in [2.24, 2.45) is 0 Å². The van der Waals surface area contributed by atoms with E-state index in [0.717, 1.165) is 34.7 Å². The lowest BCUT2D eigenvalue weighted by molar-refractivity contribution is 0.244. The summed E-state index contributed by atoms with van der Waals surface area (Å²) in [6.45, 7) is 2.08. The van der Waals surface area contributed by atoms with Gasteiger partial charge in [-0.25, -0.2) is 9.78 Å². The second-order valence-corrected chi connectivity index (χ2v) is 7.89. The van der Waals surface area contributed by atoms with Gasteiger partial charge in [-0.15, -0.1) is 11.3 Å². The molecule has 2 amide bonds. The highest BCUT2D eigenvalue weighted by Crippen LogP contribution is 2.25. The molecule has 2 N–H and O–H groups in total. The number of anilines is 1. The summed E-state index contributed by atoms with van der Waals surface area (Å²) in [6, 6.07) is 8.03. The molecule has 4 rings (SSSR count). The molecule has 2 heterocycles. The molecule has 0 spiro atoms. The first-order valence-corrected chi connectivity index (χ1v) is 9.62. The Kier molecular flexibility index (Phi) is 4.44. The van der Waals surface area contributed by atoms with E-state index in [4.69, 9.17) is 0 Å². The number of fused-ring (bicyclic) bond motifs is 1. The molecule has 1 fully saturated rings. The summed E-state index contributed by atoms with van der Waals surface area (Å²) in [4.78, 5) is 19.1. The molecule has 0 aliphatic heterocycles. The maximum Gasteiger partial charge on any atom is 0.319 e. The minimum absolute atomic E-state index is 0.120. The number of thiazole rings is 1. The molecule has 1 saturated carbocycles. The van der Waals surface area contributed by atoms with Crippen LogP contribution in [0.1, 0.15) is 37.0 Å².